The summed E-state index contributed by atoms with van der Waals surface area (Å²) in [5, 5.41) is 4.32. The molecular formula is C15H22N2O5S2. The van der Waals surface area contributed by atoms with Crippen LogP contribution in [0.1, 0.15) is 26.7 Å². The van der Waals surface area contributed by atoms with Crippen LogP contribution in [0.15, 0.2) is 21.7 Å². The Labute approximate surface area is 146 Å². The van der Waals surface area contributed by atoms with Crippen LogP contribution in [-0.2, 0) is 24.3 Å². The second-order valence-corrected chi connectivity index (χ2v) is 8.70. The van der Waals surface area contributed by atoms with E-state index in [1.807, 2.05) is 0 Å². The average Bonchev–Trinajstić information content (AvgIpc) is 3.10. The van der Waals surface area contributed by atoms with E-state index >= 15 is 0 Å². The quantitative estimate of drug-likeness (QED) is 0.756. The molecule has 1 aliphatic heterocycles. The van der Waals surface area contributed by atoms with Crippen LogP contribution in [0.3, 0.4) is 0 Å². The predicted molar refractivity (Wildman–Crippen MR) is 90.0 cm³/mol. The van der Waals surface area contributed by atoms with Crippen molar-refractivity contribution in [3.05, 3.63) is 17.5 Å². The highest BCUT2D eigenvalue weighted by molar-refractivity contribution is 7.91. The molecule has 24 heavy (non-hydrogen) atoms. The van der Waals surface area contributed by atoms with Crippen molar-refractivity contribution in [1.29, 1.82) is 0 Å². The number of thiophene rings is 1. The molecule has 1 N–H and O–H groups in total. The number of ether oxygens (including phenoxy) is 1. The first-order valence-corrected chi connectivity index (χ1v) is 10.2. The number of hydrogen-bond donors (Lipinski definition) is 1. The molecule has 1 amide bonds. The molecule has 1 aromatic heterocycles. The molecule has 0 unspecified atom stereocenters. The molecule has 0 bridgehead atoms. The summed E-state index contributed by atoms with van der Waals surface area (Å²) in [6.07, 6.45) is -0.0535. The van der Waals surface area contributed by atoms with Crippen LogP contribution in [0.4, 0.5) is 0 Å². The maximum absolute atomic E-state index is 12.4. The molecule has 2 heterocycles. The second kappa shape index (κ2) is 8.09. The third-order valence-electron chi connectivity index (χ3n) is 3.89. The molecule has 134 valence electrons. The molecule has 1 aliphatic rings. The smallest absolute Gasteiger partial charge is 0.309 e. The van der Waals surface area contributed by atoms with Gasteiger partial charge in [0.15, 0.2) is 6.10 Å². The number of carbonyl (C=O) groups is 2. The first-order valence-electron chi connectivity index (χ1n) is 7.88. The number of nitrogens with zero attached hydrogens (tertiary/aromatic N) is 1. The predicted octanol–water partition coefficient (Wildman–Crippen LogP) is 1.22. The molecule has 2 rings (SSSR count). The topological polar surface area (TPSA) is 92.8 Å². The summed E-state index contributed by atoms with van der Waals surface area (Å²) in [5.41, 5.74) is 0. The number of likely N-dealkylation sites (N-methyl/N-ethyl adjacent to an activating group) is 1. The molecule has 0 spiro atoms. The van der Waals surface area contributed by atoms with Crippen LogP contribution in [0.2, 0.25) is 0 Å². The molecule has 0 saturated carbocycles. The van der Waals surface area contributed by atoms with Crippen LogP contribution in [-0.4, -0.2) is 50.3 Å². The Hall–Kier alpha value is -1.45. The van der Waals surface area contributed by atoms with Gasteiger partial charge in [0, 0.05) is 19.6 Å². The number of amides is 1. The Morgan fingerprint density at radius 1 is 1.42 bits per heavy atom. The lowest BCUT2D eigenvalue weighted by atomic mass is 9.98. The molecule has 1 saturated heterocycles. The molecule has 1 fully saturated rings. The Morgan fingerprint density at radius 2 is 2.08 bits per heavy atom. The summed E-state index contributed by atoms with van der Waals surface area (Å²) < 4.78 is 31.8. The highest BCUT2D eigenvalue weighted by Crippen LogP contribution is 2.27. The van der Waals surface area contributed by atoms with E-state index in [9.17, 15) is 18.0 Å². The van der Waals surface area contributed by atoms with E-state index in [2.05, 4.69) is 5.32 Å². The fraction of sp³-hybridized carbons (Fsp3) is 0.600. The molecule has 0 aromatic carbocycles. The van der Waals surface area contributed by atoms with Gasteiger partial charge in [-0.15, -0.1) is 11.3 Å². The molecule has 9 heteroatoms. The number of esters is 1. The standard InChI is InChI=1S/C15H22N2O5S2/c1-3-16-14(18)11(2)22-15(19)12-6-8-17(9-7-12)24(20,21)13-5-4-10-23-13/h4-5,10-12H,3,6-9H2,1-2H3,(H,16,18)/t11-/m0/s1. The molecule has 1 atom stereocenters. The van der Waals surface area contributed by atoms with E-state index in [0.717, 1.165) is 0 Å². The highest BCUT2D eigenvalue weighted by atomic mass is 32.2. The van der Waals surface area contributed by atoms with E-state index in [1.165, 1.54) is 22.6 Å². The number of sulfonamides is 1. The zero-order valence-corrected chi connectivity index (χ0v) is 15.4. The monoisotopic (exact) mass is 374 g/mol. The largest absolute Gasteiger partial charge is 0.452 e. The Balaban J connectivity index is 1.88. The lowest BCUT2D eigenvalue weighted by Gasteiger charge is -2.30. The van der Waals surface area contributed by atoms with Crippen molar-refractivity contribution in [3.63, 3.8) is 0 Å². The van der Waals surface area contributed by atoms with Gasteiger partial charge in [-0.25, -0.2) is 8.42 Å². The van der Waals surface area contributed by atoms with Crippen molar-refractivity contribution >= 4 is 33.2 Å². The summed E-state index contributed by atoms with van der Waals surface area (Å²) in [4.78, 5) is 23.7. The number of carbonyl (C=O) groups excluding carboxylic acids is 2. The Morgan fingerprint density at radius 3 is 2.62 bits per heavy atom. The minimum absolute atomic E-state index is 0.273. The van der Waals surface area contributed by atoms with Crippen LogP contribution < -0.4 is 5.32 Å². The number of hydrogen-bond acceptors (Lipinski definition) is 6. The van der Waals surface area contributed by atoms with Gasteiger partial charge in [0.2, 0.25) is 0 Å². The lowest BCUT2D eigenvalue weighted by Crippen LogP contribution is -2.42. The van der Waals surface area contributed by atoms with Crippen LogP contribution >= 0.6 is 11.3 Å². The van der Waals surface area contributed by atoms with Gasteiger partial charge >= 0.3 is 5.97 Å². The maximum atomic E-state index is 12.4. The van der Waals surface area contributed by atoms with Gasteiger partial charge in [0.05, 0.1) is 5.92 Å². The zero-order valence-electron chi connectivity index (χ0n) is 13.7. The molecule has 1 aromatic rings. The number of piperidine rings is 1. The van der Waals surface area contributed by atoms with E-state index < -0.39 is 22.1 Å². The summed E-state index contributed by atoms with van der Waals surface area (Å²) in [6, 6.07) is 3.28. The minimum Gasteiger partial charge on any atom is -0.452 e. The van der Waals surface area contributed by atoms with Crippen LogP contribution in [0.25, 0.3) is 0 Å². The van der Waals surface area contributed by atoms with Gasteiger partial charge in [-0.3, -0.25) is 9.59 Å². The molecule has 0 aliphatic carbocycles. The third kappa shape index (κ3) is 4.34. The summed E-state index contributed by atoms with van der Waals surface area (Å²) in [7, 11) is -3.48. The van der Waals surface area contributed by atoms with Crippen molar-refractivity contribution in [2.24, 2.45) is 5.92 Å². The molecule has 0 radical (unpaired) electrons. The van der Waals surface area contributed by atoms with Gasteiger partial charge in [-0.05, 0) is 38.1 Å². The van der Waals surface area contributed by atoms with E-state index in [0.29, 0.717) is 23.6 Å². The maximum Gasteiger partial charge on any atom is 0.309 e. The van der Waals surface area contributed by atoms with Gasteiger partial charge in [-0.1, -0.05) is 6.07 Å². The lowest BCUT2D eigenvalue weighted by molar-refractivity contribution is -0.159. The van der Waals surface area contributed by atoms with Crippen molar-refractivity contribution in [1.82, 2.24) is 9.62 Å². The van der Waals surface area contributed by atoms with E-state index in [4.69, 9.17) is 4.74 Å². The summed E-state index contributed by atoms with van der Waals surface area (Å²) in [6.45, 7) is 4.33. The van der Waals surface area contributed by atoms with Crippen molar-refractivity contribution in [3.8, 4) is 0 Å². The van der Waals surface area contributed by atoms with Crippen LogP contribution in [0, 0.1) is 5.92 Å². The van der Waals surface area contributed by atoms with Crippen molar-refractivity contribution < 1.29 is 22.7 Å². The third-order valence-corrected chi connectivity index (χ3v) is 7.16. The zero-order chi connectivity index (χ0) is 17.7. The summed E-state index contributed by atoms with van der Waals surface area (Å²) >= 11 is 1.18. The SMILES string of the molecule is CCNC(=O)[C@H](C)OC(=O)C1CCN(S(=O)(=O)c2cccs2)CC1. The van der Waals surface area contributed by atoms with E-state index in [-0.39, 0.29) is 24.9 Å². The fourth-order valence-corrected chi connectivity index (χ4v) is 5.13. The Kier molecular flexibility index (Phi) is 6.36. The minimum atomic E-state index is -3.48. The summed E-state index contributed by atoms with van der Waals surface area (Å²) in [5.74, 6) is -1.15. The van der Waals surface area contributed by atoms with Gasteiger partial charge < -0.3 is 10.1 Å². The number of nitrogens with one attached hydrogen (secondary N) is 1. The average molecular weight is 374 g/mol. The molecule has 7 nitrogen and oxygen atoms in total. The van der Waals surface area contributed by atoms with E-state index in [1.54, 1.807) is 24.4 Å². The van der Waals surface area contributed by atoms with Gasteiger partial charge in [-0.2, -0.15) is 4.31 Å². The van der Waals surface area contributed by atoms with Crippen LogP contribution in [0.5, 0.6) is 0 Å². The first kappa shape index (κ1) is 18.9. The van der Waals surface area contributed by atoms with Crippen molar-refractivity contribution in [2.75, 3.05) is 19.6 Å². The first-order chi connectivity index (χ1) is 11.4. The van der Waals surface area contributed by atoms with Gasteiger partial charge in [0.25, 0.3) is 15.9 Å². The Bertz CT molecular complexity index is 664. The highest BCUT2D eigenvalue weighted by Gasteiger charge is 2.34. The normalized spacial score (nSPS) is 18.1. The van der Waals surface area contributed by atoms with Gasteiger partial charge in [0.1, 0.15) is 4.21 Å². The second-order valence-electron chi connectivity index (χ2n) is 5.58. The molecular weight excluding hydrogens is 352 g/mol. The fourth-order valence-electron chi connectivity index (χ4n) is 2.51. The van der Waals surface area contributed by atoms with Crippen molar-refractivity contribution in [2.45, 2.75) is 37.0 Å². The number of rotatable bonds is 6.